The Kier molecular flexibility index (Phi) is 5.65. The molecular weight excluding hydrogens is 376 g/mol. The number of benzene rings is 3. The molecule has 0 bridgehead atoms. The van der Waals surface area contributed by atoms with Crippen LogP contribution < -0.4 is 14.8 Å². The number of amides is 1. The summed E-state index contributed by atoms with van der Waals surface area (Å²) in [6, 6.07) is 19.8. The molecule has 0 fully saturated rings. The van der Waals surface area contributed by atoms with E-state index in [0.29, 0.717) is 17.1 Å². The molecule has 7 heteroatoms. The van der Waals surface area contributed by atoms with Crippen molar-refractivity contribution in [2.75, 3.05) is 17.1 Å². The van der Waals surface area contributed by atoms with Crippen LogP contribution in [0.15, 0.2) is 77.7 Å². The van der Waals surface area contributed by atoms with Crippen LogP contribution in [-0.2, 0) is 10.0 Å². The highest BCUT2D eigenvalue weighted by molar-refractivity contribution is 7.92. The van der Waals surface area contributed by atoms with Crippen LogP contribution in [0.25, 0.3) is 0 Å². The Morgan fingerprint density at radius 3 is 2.29 bits per heavy atom. The van der Waals surface area contributed by atoms with Crippen molar-refractivity contribution in [3.63, 3.8) is 0 Å². The van der Waals surface area contributed by atoms with Gasteiger partial charge in [0.15, 0.2) is 0 Å². The van der Waals surface area contributed by atoms with Crippen LogP contribution in [0.2, 0.25) is 0 Å². The Labute approximate surface area is 164 Å². The molecule has 3 aromatic carbocycles. The number of ether oxygens (including phenoxy) is 1. The van der Waals surface area contributed by atoms with Crippen molar-refractivity contribution in [3.8, 4) is 5.75 Å². The van der Waals surface area contributed by atoms with Crippen molar-refractivity contribution in [1.82, 2.24) is 0 Å². The average molecular weight is 396 g/mol. The quantitative estimate of drug-likeness (QED) is 0.658. The molecule has 0 atom stereocenters. The summed E-state index contributed by atoms with van der Waals surface area (Å²) in [6.07, 6.45) is 0. The molecule has 0 saturated heterocycles. The highest BCUT2D eigenvalue weighted by Gasteiger charge is 2.17. The van der Waals surface area contributed by atoms with Gasteiger partial charge in [0.2, 0.25) is 0 Å². The van der Waals surface area contributed by atoms with E-state index >= 15 is 0 Å². The van der Waals surface area contributed by atoms with Gasteiger partial charge in [-0.3, -0.25) is 9.52 Å². The van der Waals surface area contributed by atoms with E-state index in [9.17, 15) is 13.2 Å². The summed E-state index contributed by atoms with van der Waals surface area (Å²) in [7, 11) is -2.25. The average Bonchev–Trinajstić information content (AvgIpc) is 2.68. The van der Waals surface area contributed by atoms with Gasteiger partial charge in [-0.25, -0.2) is 8.42 Å². The largest absolute Gasteiger partial charge is 0.497 e. The molecule has 6 nitrogen and oxygen atoms in total. The summed E-state index contributed by atoms with van der Waals surface area (Å²) >= 11 is 0. The summed E-state index contributed by atoms with van der Waals surface area (Å²) in [6.45, 7) is 1.88. The van der Waals surface area contributed by atoms with E-state index in [0.717, 1.165) is 5.56 Å². The maximum Gasteiger partial charge on any atom is 0.261 e. The summed E-state index contributed by atoms with van der Waals surface area (Å²) in [5, 5.41) is 2.74. The number of rotatable bonds is 6. The smallest absolute Gasteiger partial charge is 0.261 e. The van der Waals surface area contributed by atoms with Gasteiger partial charge in [0.25, 0.3) is 15.9 Å². The monoisotopic (exact) mass is 396 g/mol. The van der Waals surface area contributed by atoms with Gasteiger partial charge in [-0.05, 0) is 67.1 Å². The van der Waals surface area contributed by atoms with E-state index in [4.69, 9.17) is 4.74 Å². The molecule has 0 aliphatic carbocycles. The Morgan fingerprint density at radius 1 is 0.893 bits per heavy atom. The minimum absolute atomic E-state index is 0.0105. The highest BCUT2D eigenvalue weighted by atomic mass is 32.2. The first kappa shape index (κ1) is 19.4. The molecule has 1 amide bonds. The predicted molar refractivity (Wildman–Crippen MR) is 109 cm³/mol. The summed E-state index contributed by atoms with van der Waals surface area (Å²) in [5.74, 6) is 0.270. The molecule has 0 saturated carbocycles. The topological polar surface area (TPSA) is 84.5 Å². The molecule has 0 aliphatic heterocycles. The van der Waals surface area contributed by atoms with Gasteiger partial charge < -0.3 is 10.1 Å². The third kappa shape index (κ3) is 4.69. The van der Waals surface area contributed by atoms with E-state index in [-0.39, 0.29) is 10.5 Å². The lowest BCUT2D eigenvalue weighted by Gasteiger charge is -2.10. The Hall–Kier alpha value is -3.32. The van der Waals surface area contributed by atoms with Gasteiger partial charge >= 0.3 is 0 Å². The Balaban J connectivity index is 1.79. The van der Waals surface area contributed by atoms with Gasteiger partial charge in [-0.1, -0.05) is 18.2 Å². The third-order valence-corrected chi connectivity index (χ3v) is 5.40. The van der Waals surface area contributed by atoms with Crippen LogP contribution in [0, 0.1) is 6.92 Å². The van der Waals surface area contributed by atoms with Gasteiger partial charge in [-0.15, -0.1) is 0 Å². The Bertz CT molecular complexity index is 1090. The first-order chi connectivity index (χ1) is 13.4. The van der Waals surface area contributed by atoms with Gasteiger partial charge in [0.05, 0.1) is 12.0 Å². The van der Waals surface area contributed by atoms with E-state index < -0.39 is 15.9 Å². The molecule has 0 heterocycles. The highest BCUT2D eigenvalue weighted by Crippen LogP contribution is 2.20. The minimum Gasteiger partial charge on any atom is -0.497 e. The fourth-order valence-electron chi connectivity index (χ4n) is 2.60. The molecule has 0 radical (unpaired) electrons. The number of sulfonamides is 1. The van der Waals surface area contributed by atoms with Crippen LogP contribution in [0.5, 0.6) is 5.75 Å². The van der Waals surface area contributed by atoms with Crippen molar-refractivity contribution in [2.24, 2.45) is 0 Å². The first-order valence-corrected chi connectivity index (χ1v) is 10.0. The number of nitrogens with one attached hydrogen (secondary N) is 2. The van der Waals surface area contributed by atoms with Gasteiger partial charge in [0.1, 0.15) is 5.75 Å². The number of anilines is 2. The fourth-order valence-corrected chi connectivity index (χ4v) is 3.70. The van der Waals surface area contributed by atoms with Gasteiger partial charge in [-0.2, -0.15) is 0 Å². The summed E-state index contributed by atoms with van der Waals surface area (Å²) in [5.41, 5.74) is 2.22. The van der Waals surface area contributed by atoms with Gasteiger partial charge in [0, 0.05) is 16.9 Å². The number of aryl methyl sites for hydroxylation is 1. The fraction of sp³-hybridized carbons (Fsp3) is 0.0952. The van der Waals surface area contributed by atoms with Crippen LogP contribution in [0.1, 0.15) is 15.9 Å². The maximum absolute atomic E-state index is 12.7. The van der Waals surface area contributed by atoms with Crippen LogP contribution >= 0.6 is 0 Å². The molecule has 0 aliphatic rings. The van der Waals surface area contributed by atoms with E-state index in [2.05, 4.69) is 10.0 Å². The maximum atomic E-state index is 12.7. The number of methoxy groups -OCH3 is 1. The standard InChI is InChI=1S/C21H20N2O4S/c1-15-5-3-7-18(13-15)23-28(25,26)20-8-4-6-16(14-20)21(24)22-17-9-11-19(27-2)12-10-17/h3-14,23H,1-2H3,(H,22,24). The molecule has 144 valence electrons. The number of hydrogen-bond donors (Lipinski definition) is 2. The zero-order valence-electron chi connectivity index (χ0n) is 15.5. The zero-order chi connectivity index (χ0) is 20.1. The molecule has 3 rings (SSSR count). The third-order valence-electron chi connectivity index (χ3n) is 4.02. The molecular formula is C21H20N2O4S. The minimum atomic E-state index is -3.81. The van der Waals surface area contributed by atoms with Crippen molar-refractivity contribution in [3.05, 3.63) is 83.9 Å². The Morgan fingerprint density at radius 2 is 1.61 bits per heavy atom. The van der Waals surface area contributed by atoms with Crippen molar-refractivity contribution in [1.29, 1.82) is 0 Å². The summed E-state index contributed by atoms with van der Waals surface area (Å²) < 4.78 is 32.9. The number of carbonyl (C=O) groups is 1. The molecule has 0 unspecified atom stereocenters. The van der Waals surface area contributed by atoms with Crippen LogP contribution in [-0.4, -0.2) is 21.4 Å². The molecule has 2 N–H and O–H groups in total. The molecule has 0 spiro atoms. The van der Waals surface area contributed by atoms with Crippen molar-refractivity contribution < 1.29 is 17.9 Å². The first-order valence-electron chi connectivity index (χ1n) is 8.52. The van der Waals surface area contributed by atoms with E-state index in [1.807, 2.05) is 13.0 Å². The normalized spacial score (nSPS) is 10.9. The summed E-state index contributed by atoms with van der Waals surface area (Å²) in [4.78, 5) is 12.5. The molecule has 3 aromatic rings. The second-order valence-corrected chi connectivity index (χ2v) is 7.87. The number of carbonyl (C=O) groups excluding carboxylic acids is 1. The van der Waals surface area contributed by atoms with Crippen molar-refractivity contribution in [2.45, 2.75) is 11.8 Å². The second-order valence-electron chi connectivity index (χ2n) is 6.19. The lowest BCUT2D eigenvalue weighted by Crippen LogP contribution is -2.16. The van der Waals surface area contributed by atoms with E-state index in [1.54, 1.807) is 55.6 Å². The lowest BCUT2D eigenvalue weighted by atomic mass is 10.2. The molecule has 0 aromatic heterocycles. The van der Waals surface area contributed by atoms with Crippen LogP contribution in [0.4, 0.5) is 11.4 Å². The number of hydrogen-bond acceptors (Lipinski definition) is 4. The second kappa shape index (κ2) is 8.14. The van der Waals surface area contributed by atoms with Crippen LogP contribution in [0.3, 0.4) is 0 Å². The van der Waals surface area contributed by atoms with Crippen molar-refractivity contribution >= 4 is 27.3 Å². The predicted octanol–water partition coefficient (Wildman–Crippen LogP) is 4.06. The lowest BCUT2D eigenvalue weighted by molar-refractivity contribution is 0.102. The van der Waals surface area contributed by atoms with E-state index in [1.165, 1.54) is 18.2 Å². The molecule has 28 heavy (non-hydrogen) atoms. The SMILES string of the molecule is COc1ccc(NC(=O)c2cccc(S(=O)(=O)Nc3cccc(C)c3)c2)cc1. The zero-order valence-corrected chi connectivity index (χ0v) is 16.3.